The van der Waals surface area contributed by atoms with E-state index in [2.05, 4.69) is 5.32 Å². The van der Waals surface area contributed by atoms with Crippen LogP contribution in [-0.4, -0.2) is 11.9 Å². The zero-order valence-corrected chi connectivity index (χ0v) is 8.09. The van der Waals surface area contributed by atoms with Crippen molar-refractivity contribution in [1.82, 2.24) is 5.32 Å². The number of amides is 1. The molecule has 4 heteroatoms. The molecular formula is C11H11F2NO. The molecule has 1 saturated carbocycles. The number of nitrogens with one attached hydrogen (secondary N) is 1. The van der Waals surface area contributed by atoms with Gasteiger partial charge in [0.1, 0.15) is 0 Å². The fourth-order valence-corrected chi connectivity index (χ4v) is 1.49. The van der Waals surface area contributed by atoms with Crippen LogP contribution in [0.1, 0.15) is 29.6 Å². The second kappa shape index (κ2) is 3.96. The van der Waals surface area contributed by atoms with Gasteiger partial charge >= 0.3 is 0 Å². The van der Waals surface area contributed by atoms with Gasteiger partial charge in [0, 0.05) is 6.04 Å². The summed E-state index contributed by atoms with van der Waals surface area (Å²) in [7, 11) is 0. The summed E-state index contributed by atoms with van der Waals surface area (Å²) in [6.45, 7) is 0. The molecule has 1 fully saturated rings. The molecule has 0 aromatic heterocycles. The van der Waals surface area contributed by atoms with Crippen LogP contribution in [0.5, 0.6) is 0 Å². The van der Waals surface area contributed by atoms with Crippen LogP contribution in [0.3, 0.4) is 0 Å². The molecule has 1 aromatic carbocycles. The van der Waals surface area contributed by atoms with Crippen LogP contribution in [0.2, 0.25) is 0 Å². The Morgan fingerprint density at radius 2 is 2.07 bits per heavy atom. The highest BCUT2D eigenvalue weighted by Gasteiger charge is 2.22. The largest absolute Gasteiger partial charge is 0.349 e. The number of hydrogen-bond donors (Lipinski definition) is 1. The van der Waals surface area contributed by atoms with E-state index >= 15 is 0 Å². The lowest BCUT2D eigenvalue weighted by Crippen LogP contribution is -2.39. The third-order valence-electron chi connectivity index (χ3n) is 2.64. The third kappa shape index (κ3) is 1.98. The van der Waals surface area contributed by atoms with Gasteiger partial charge in [0.25, 0.3) is 5.91 Å². The summed E-state index contributed by atoms with van der Waals surface area (Å²) in [6.07, 6.45) is 2.92. The second-order valence-corrected chi connectivity index (χ2v) is 3.70. The van der Waals surface area contributed by atoms with E-state index in [0.717, 1.165) is 25.3 Å². The van der Waals surface area contributed by atoms with Gasteiger partial charge in [-0.2, -0.15) is 0 Å². The predicted octanol–water partition coefficient (Wildman–Crippen LogP) is 2.25. The predicted molar refractivity (Wildman–Crippen MR) is 51.5 cm³/mol. The summed E-state index contributed by atoms with van der Waals surface area (Å²) in [5, 5.41) is 2.66. The summed E-state index contributed by atoms with van der Waals surface area (Å²) in [4.78, 5) is 11.5. The molecule has 1 amide bonds. The number of carbonyl (C=O) groups excluding carboxylic acids is 1. The Hall–Kier alpha value is -1.45. The minimum atomic E-state index is -1.07. The lowest BCUT2D eigenvalue weighted by atomic mass is 9.93. The highest BCUT2D eigenvalue weighted by molar-refractivity contribution is 5.94. The maximum absolute atomic E-state index is 13.2. The molecule has 1 aromatic rings. The van der Waals surface area contributed by atoms with Gasteiger partial charge in [-0.05, 0) is 31.4 Å². The molecule has 0 radical (unpaired) electrons. The fourth-order valence-electron chi connectivity index (χ4n) is 1.49. The number of rotatable bonds is 2. The minimum Gasteiger partial charge on any atom is -0.349 e. The van der Waals surface area contributed by atoms with E-state index in [1.165, 1.54) is 12.1 Å². The third-order valence-corrected chi connectivity index (χ3v) is 2.64. The molecule has 1 N–H and O–H groups in total. The summed E-state index contributed by atoms with van der Waals surface area (Å²) >= 11 is 0. The van der Waals surface area contributed by atoms with Crippen molar-refractivity contribution in [1.29, 1.82) is 0 Å². The van der Waals surface area contributed by atoms with Gasteiger partial charge in [-0.25, -0.2) is 8.78 Å². The highest BCUT2D eigenvalue weighted by Crippen LogP contribution is 2.19. The van der Waals surface area contributed by atoms with E-state index in [-0.39, 0.29) is 11.6 Å². The molecule has 0 heterocycles. The van der Waals surface area contributed by atoms with Gasteiger partial charge in [0.15, 0.2) is 11.6 Å². The minimum absolute atomic E-state index is 0.125. The average molecular weight is 211 g/mol. The van der Waals surface area contributed by atoms with Crippen molar-refractivity contribution in [3.63, 3.8) is 0 Å². The maximum Gasteiger partial charge on any atom is 0.254 e. The molecule has 0 spiro atoms. The van der Waals surface area contributed by atoms with Crippen LogP contribution in [0.15, 0.2) is 18.2 Å². The molecule has 80 valence electrons. The van der Waals surface area contributed by atoms with Crippen molar-refractivity contribution in [2.45, 2.75) is 25.3 Å². The average Bonchev–Trinajstić information content (AvgIpc) is 2.15. The second-order valence-electron chi connectivity index (χ2n) is 3.70. The number of halogens is 2. The van der Waals surface area contributed by atoms with E-state index < -0.39 is 17.5 Å². The van der Waals surface area contributed by atoms with Crippen LogP contribution in [0.4, 0.5) is 8.78 Å². The van der Waals surface area contributed by atoms with Crippen molar-refractivity contribution >= 4 is 5.91 Å². The molecule has 0 bridgehead atoms. The van der Waals surface area contributed by atoms with Crippen LogP contribution in [0.25, 0.3) is 0 Å². The van der Waals surface area contributed by atoms with Gasteiger partial charge in [0.2, 0.25) is 0 Å². The smallest absolute Gasteiger partial charge is 0.254 e. The first-order chi connectivity index (χ1) is 7.18. The van der Waals surface area contributed by atoms with Crippen molar-refractivity contribution in [2.24, 2.45) is 0 Å². The van der Waals surface area contributed by atoms with Gasteiger partial charge in [-0.3, -0.25) is 4.79 Å². The Kier molecular flexibility index (Phi) is 2.66. The van der Waals surface area contributed by atoms with Crippen LogP contribution < -0.4 is 5.32 Å². The zero-order valence-electron chi connectivity index (χ0n) is 8.09. The molecule has 2 nitrogen and oxygen atoms in total. The topological polar surface area (TPSA) is 29.1 Å². The van der Waals surface area contributed by atoms with E-state index in [1.807, 2.05) is 0 Å². The fraction of sp³-hybridized carbons (Fsp3) is 0.364. The quantitative estimate of drug-likeness (QED) is 0.798. The molecular weight excluding hydrogens is 200 g/mol. The monoisotopic (exact) mass is 211 g/mol. The highest BCUT2D eigenvalue weighted by atomic mass is 19.2. The van der Waals surface area contributed by atoms with Gasteiger partial charge in [0.05, 0.1) is 5.56 Å². The normalized spacial score (nSPS) is 15.9. The van der Waals surface area contributed by atoms with Crippen molar-refractivity contribution in [3.05, 3.63) is 35.4 Å². The Morgan fingerprint density at radius 1 is 1.33 bits per heavy atom. The van der Waals surface area contributed by atoms with Gasteiger partial charge in [-0.1, -0.05) is 6.07 Å². The molecule has 0 unspecified atom stereocenters. The standard InChI is InChI=1S/C11H11F2NO/c12-9-6-2-5-8(10(9)13)11(15)14-7-3-1-4-7/h2,5-7H,1,3-4H2,(H,14,15). The number of hydrogen-bond acceptors (Lipinski definition) is 1. The Balaban J connectivity index is 2.13. The van der Waals surface area contributed by atoms with E-state index in [4.69, 9.17) is 0 Å². The van der Waals surface area contributed by atoms with Crippen molar-refractivity contribution in [2.75, 3.05) is 0 Å². The summed E-state index contributed by atoms with van der Waals surface area (Å²) in [6, 6.07) is 3.73. The molecule has 15 heavy (non-hydrogen) atoms. The zero-order chi connectivity index (χ0) is 10.8. The van der Waals surface area contributed by atoms with E-state index in [0.29, 0.717) is 0 Å². The SMILES string of the molecule is O=C(NC1CCC1)c1cccc(F)c1F. The van der Waals surface area contributed by atoms with Crippen LogP contribution >= 0.6 is 0 Å². The lowest BCUT2D eigenvalue weighted by Gasteiger charge is -2.26. The molecule has 0 saturated heterocycles. The molecule has 0 atom stereocenters. The first kappa shape index (κ1) is 10.1. The lowest BCUT2D eigenvalue weighted by molar-refractivity contribution is 0.0912. The van der Waals surface area contributed by atoms with Gasteiger partial charge in [-0.15, -0.1) is 0 Å². The maximum atomic E-state index is 13.2. The van der Waals surface area contributed by atoms with Crippen molar-refractivity contribution in [3.8, 4) is 0 Å². The first-order valence-corrected chi connectivity index (χ1v) is 4.93. The molecule has 0 aliphatic heterocycles. The Bertz CT molecular complexity index is 388. The Morgan fingerprint density at radius 3 is 2.67 bits per heavy atom. The van der Waals surface area contributed by atoms with E-state index in [1.54, 1.807) is 0 Å². The summed E-state index contributed by atoms with van der Waals surface area (Å²) < 4.78 is 26.0. The summed E-state index contributed by atoms with van der Waals surface area (Å²) in [5.74, 6) is -2.60. The molecule has 2 rings (SSSR count). The number of carbonyl (C=O) groups is 1. The van der Waals surface area contributed by atoms with Crippen molar-refractivity contribution < 1.29 is 13.6 Å². The molecule has 1 aliphatic rings. The first-order valence-electron chi connectivity index (χ1n) is 4.93. The number of benzene rings is 1. The van der Waals surface area contributed by atoms with E-state index in [9.17, 15) is 13.6 Å². The molecule has 1 aliphatic carbocycles. The van der Waals surface area contributed by atoms with Gasteiger partial charge < -0.3 is 5.32 Å². The van der Waals surface area contributed by atoms with Crippen LogP contribution in [-0.2, 0) is 0 Å². The Labute approximate surface area is 86.3 Å². The summed E-state index contributed by atoms with van der Waals surface area (Å²) in [5.41, 5.74) is -0.220. The van der Waals surface area contributed by atoms with Crippen LogP contribution in [0, 0.1) is 11.6 Å².